The predicted molar refractivity (Wildman–Crippen MR) is 113 cm³/mol. The lowest BCUT2D eigenvalue weighted by Gasteiger charge is -2.32. The molecule has 28 heavy (non-hydrogen) atoms. The molecule has 2 amide bonds. The second kappa shape index (κ2) is 9.74. The summed E-state index contributed by atoms with van der Waals surface area (Å²) in [6, 6.07) is 15.6. The summed E-state index contributed by atoms with van der Waals surface area (Å²) in [5.74, 6) is 0.312. The molecule has 4 nitrogen and oxygen atoms in total. The van der Waals surface area contributed by atoms with Crippen LogP contribution in [0.15, 0.2) is 48.5 Å². The van der Waals surface area contributed by atoms with Crippen LogP contribution in [0, 0.1) is 12.8 Å². The number of nitrogens with zero attached hydrogens (tertiary/aromatic N) is 1. The van der Waals surface area contributed by atoms with Gasteiger partial charge in [-0.1, -0.05) is 53.6 Å². The summed E-state index contributed by atoms with van der Waals surface area (Å²) in [5.41, 5.74) is 3.07. The number of aryl methyl sites for hydroxylation is 2. The number of piperidine rings is 1. The first-order valence-electron chi connectivity index (χ1n) is 9.89. The Morgan fingerprint density at radius 3 is 2.43 bits per heavy atom. The third kappa shape index (κ3) is 5.59. The first-order valence-corrected chi connectivity index (χ1v) is 10.3. The average molecular weight is 399 g/mol. The monoisotopic (exact) mass is 398 g/mol. The van der Waals surface area contributed by atoms with Crippen molar-refractivity contribution in [1.29, 1.82) is 0 Å². The fourth-order valence-electron chi connectivity index (χ4n) is 3.60. The van der Waals surface area contributed by atoms with Crippen molar-refractivity contribution in [3.8, 4) is 0 Å². The smallest absolute Gasteiger partial charge is 0.253 e. The molecule has 1 heterocycles. The molecule has 0 aliphatic carbocycles. The van der Waals surface area contributed by atoms with Crippen LogP contribution >= 0.6 is 11.6 Å². The van der Waals surface area contributed by atoms with Crippen LogP contribution in [-0.4, -0.2) is 36.3 Å². The lowest BCUT2D eigenvalue weighted by Crippen LogP contribution is -2.44. The van der Waals surface area contributed by atoms with Crippen LogP contribution in [0.4, 0.5) is 0 Å². The van der Waals surface area contributed by atoms with Crippen LogP contribution in [0.25, 0.3) is 0 Å². The van der Waals surface area contributed by atoms with Crippen LogP contribution < -0.4 is 5.32 Å². The normalized spacial score (nSPS) is 14.7. The van der Waals surface area contributed by atoms with Gasteiger partial charge in [0.2, 0.25) is 5.91 Å². The number of hydrogen-bond acceptors (Lipinski definition) is 2. The molecule has 2 aromatic carbocycles. The molecule has 1 saturated heterocycles. The van der Waals surface area contributed by atoms with Gasteiger partial charge in [0.15, 0.2) is 0 Å². The highest BCUT2D eigenvalue weighted by Gasteiger charge is 2.23. The Balaban J connectivity index is 1.39. The minimum absolute atomic E-state index is 0.0120. The lowest BCUT2D eigenvalue weighted by atomic mass is 9.90. The van der Waals surface area contributed by atoms with Crippen molar-refractivity contribution < 1.29 is 9.59 Å². The van der Waals surface area contributed by atoms with Gasteiger partial charge in [0.05, 0.1) is 17.1 Å². The standard InChI is InChI=1S/C23H27ClN2O2/c1-17-6-8-18(9-7-17)10-11-19-12-14-26(15-13-19)22(27)16-25-23(28)20-4-2-3-5-21(20)24/h2-9,19H,10-16H2,1H3,(H,25,28). The van der Waals surface area contributed by atoms with Gasteiger partial charge >= 0.3 is 0 Å². The Hall–Kier alpha value is -2.33. The van der Waals surface area contributed by atoms with Gasteiger partial charge in [0, 0.05) is 13.1 Å². The maximum absolute atomic E-state index is 12.4. The number of hydrogen-bond donors (Lipinski definition) is 1. The highest BCUT2D eigenvalue weighted by Crippen LogP contribution is 2.22. The number of halogens is 1. The molecule has 1 fully saturated rings. The highest BCUT2D eigenvalue weighted by molar-refractivity contribution is 6.33. The zero-order valence-electron chi connectivity index (χ0n) is 16.3. The topological polar surface area (TPSA) is 49.4 Å². The quantitative estimate of drug-likeness (QED) is 0.790. The number of carbonyl (C=O) groups excluding carboxylic acids is 2. The van der Waals surface area contributed by atoms with E-state index < -0.39 is 0 Å². The van der Waals surface area contributed by atoms with Gasteiger partial charge in [-0.25, -0.2) is 0 Å². The van der Waals surface area contributed by atoms with Gasteiger partial charge in [0.25, 0.3) is 5.91 Å². The van der Waals surface area contributed by atoms with Crippen LogP contribution in [-0.2, 0) is 11.2 Å². The maximum Gasteiger partial charge on any atom is 0.253 e. The molecule has 0 unspecified atom stereocenters. The molecule has 0 aromatic heterocycles. The fraction of sp³-hybridized carbons (Fsp3) is 0.391. The van der Waals surface area contributed by atoms with Crippen molar-refractivity contribution in [1.82, 2.24) is 10.2 Å². The van der Waals surface area contributed by atoms with Crippen LogP contribution in [0.3, 0.4) is 0 Å². The molecule has 148 valence electrons. The summed E-state index contributed by atoms with van der Waals surface area (Å²) in [4.78, 5) is 26.5. The third-order valence-electron chi connectivity index (χ3n) is 5.45. The van der Waals surface area contributed by atoms with E-state index in [4.69, 9.17) is 11.6 Å². The van der Waals surface area contributed by atoms with E-state index in [-0.39, 0.29) is 18.4 Å². The van der Waals surface area contributed by atoms with E-state index in [9.17, 15) is 9.59 Å². The lowest BCUT2D eigenvalue weighted by molar-refractivity contribution is -0.131. The van der Waals surface area contributed by atoms with Crippen LogP contribution in [0.5, 0.6) is 0 Å². The molecular formula is C23H27ClN2O2. The van der Waals surface area contributed by atoms with Crippen molar-refractivity contribution in [2.75, 3.05) is 19.6 Å². The Morgan fingerprint density at radius 2 is 1.75 bits per heavy atom. The van der Waals surface area contributed by atoms with Gasteiger partial charge in [-0.2, -0.15) is 0 Å². The Labute approximate surface area is 171 Å². The van der Waals surface area contributed by atoms with E-state index >= 15 is 0 Å². The van der Waals surface area contributed by atoms with Gasteiger partial charge in [-0.05, 0) is 56.2 Å². The Kier molecular flexibility index (Phi) is 7.10. The van der Waals surface area contributed by atoms with E-state index in [2.05, 4.69) is 36.5 Å². The van der Waals surface area contributed by atoms with Crippen molar-refractivity contribution >= 4 is 23.4 Å². The van der Waals surface area contributed by atoms with Crippen molar-refractivity contribution in [3.63, 3.8) is 0 Å². The molecule has 5 heteroatoms. The first kappa shape index (κ1) is 20.4. The molecule has 1 aliphatic rings. The molecule has 3 rings (SSSR count). The minimum Gasteiger partial charge on any atom is -0.343 e. The summed E-state index contributed by atoms with van der Waals surface area (Å²) in [5, 5.41) is 3.08. The third-order valence-corrected chi connectivity index (χ3v) is 5.78. The molecule has 2 aromatic rings. The zero-order valence-corrected chi connectivity index (χ0v) is 17.0. The molecule has 0 radical (unpaired) electrons. The number of nitrogens with one attached hydrogen (secondary N) is 1. The van der Waals surface area contributed by atoms with Crippen molar-refractivity contribution in [2.24, 2.45) is 5.92 Å². The zero-order chi connectivity index (χ0) is 19.9. The molecule has 1 aliphatic heterocycles. The van der Waals surface area contributed by atoms with Crippen molar-refractivity contribution in [3.05, 3.63) is 70.2 Å². The van der Waals surface area contributed by atoms with Crippen LogP contribution in [0.1, 0.15) is 40.7 Å². The Bertz CT molecular complexity index is 812. The van der Waals surface area contributed by atoms with E-state index in [1.165, 1.54) is 11.1 Å². The molecule has 1 N–H and O–H groups in total. The highest BCUT2D eigenvalue weighted by atomic mass is 35.5. The van der Waals surface area contributed by atoms with E-state index in [1.807, 2.05) is 4.90 Å². The summed E-state index contributed by atoms with van der Waals surface area (Å²) in [7, 11) is 0. The van der Waals surface area contributed by atoms with Crippen molar-refractivity contribution in [2.45, 2.75) is 32.6 Å². The number of likely N-dealkylation sites (tertiary alicyclic amines) is 1. The van der Waals surface area contributed by atoms with Gasteiger partial charge in [-0.3, -0.25) is 9.59 Å². The second-order valence-corrected chi connectivity index (χ2v) is 7.92. The van der Waals surface area contributed by atoms with E-state index in [0.717, 1.165) is 38.8 Å². The molecular weight excluding hydrogens is 372 g/mol. The second-order valence-electron chi connectivity index (χ2n) is 7.51. The predicted octanol–water partition coefficient (Wildman–Crippen LogP) is 4.25. The Morgan fingerprint density at radius 1 is 1.07 bits per heavy atom. The van der Waals surface area contributed by atoms with E-state index in [1.54, 1.807) is 24.3 Å². The summed E-state index contributed by atoms with van der Waals surface area (Å²) in [6.45, 7) is 3.64. The van der Waals surface area contributed by atoms with Gasteiger partial charge < -0.3 is 10.2 Å². The van der Waals surface area contributed by atoms with Crippen LogP contribution in [0.2, 0.25) is 5.02 Å². The molecule has 0 bridgehead atoms. The minimum atomic E-state index is -0.313. The summed E-state index contributed by atoms with van der Waals surface area (Å²) in [6.07, 6.45) is 4.30. The molecule has 0 spiro atoms. The average Bonchev–Trinajstić information content (AvgIpc) is 2.72. The van der Waals surface area contributed by atoms with E-state index in [0.29, 0.717) is 16.5 Å². The molecule has 0 saturated carbocycles. The van der Waals surface area contributed by atoms with Gasteiger partial charge in [0.1, 0.15) is 0 Å². The maximum atomic E-state index is 12.4. The number of carbonyl (C=O) groups is 2. The number of rotatable bonds is 6. The SMILES string of the molecule is Cc1ccc(CCC2CCN(C(=O)CNC(=O)c3ccccc3Cl)CC2)cc1. The number of amides is 2. The fourth-order valence-corrected chi connectivity index (χ4v) is 3.83. The summed E-state index contributed by atoms with van der Waals surface area (Å²) < 4.78 is 0. The molecule has 0 atom stereocenters. The first-order chi connectivity index (χ1) is 13.5. The largest absolute Gasteiger partial charge is 0.343 e. The number of benzene rings is 2. The van der Waals surface area contributed by atoms with Gasteiger partial charge in [-0.15, -0.1) is 0 Å². The summed E-state index contributed by atoms with van der Waals surface area (Å²) >= 11 is 6.02.